The molecule has 12 nitrogen and oxygen atoms in total. The molecule has 0 saturated carbocycles. The molecule has 4 N–H and O–H groups in total. The number of carbonyl (C=O) groups is 4. The van der Waals surface area contributed by atoms with Crippen molar-refractivity contribution in [1.29, 1.82) is 0 Å². The Kier molecular flexibility index (Phi) is 69.8. The number of hydrogen-bond acceptors (Lipinski definition) is 12. The van der Waals surface area contributed by atoms with Gasteiger partial charge in [0.05, 0.1) is 48.3 Å². The van der Waals surface area contributed by atoms with Crippen LogP contribution in [0.15, 0.2) is 0 Å². The predicted octanol–water partition coefficient (Wildman–Crippen LogP) is -13.5. The molecule has 17 heteroatoms. The normalized spacial score (nSPS) is 11.3. The largest absolute Gasteiger partial charge is 2.00 e. The summed E-state index contributed by atoms with van der Waals surface area (Å²) in [6.45, 7) is 4.54. The molecule has 0 spiro atoms. The maximum Gasteiger partial charge on any atom is 2.00 e. The quantitative estimate of drug-likeness (QED) is 0.214. The van der Waals surface area contributed by atoms with E-state index in [-0.39, 0.29) is 83.2 Å². The summed E-state index contributed by atoms with van der Waals surface area (Å²) < 4.78 is 0. The van der Waals surface area contributed by atoms with Crippen LogP contribution in [0.2, 0.25) is 0 Å². The average molecular weight is 623 g/mol. The second kappa shape index (κ2) is 35.6. The molecule has 0 bridgehead atoms. The average Bonchev–Trinajstić information content (AvgIpc) is 2.40. The summed E-state index contributed by atoms with van der Waals surface area (Å²) in [5.74, 6) is -5.74. The van der Waals surface area contributed by atoms with Crippen molar-refractivity contribution in [2.24, 2.45) is 0 Å². The molecule has 4 unspecified atom stereocenters. The Balaban J connectivity index is -0.0000000248. The SMILES string of the molecule is CC(O)C(=O)[O-].CC(O)C(=O)[O-].CC(O)C(=O)[O-].CC(O)C(=O)[O-].[Cl-].[Cl-].[Zn+2].[Zn+2].[Zn+2]. The van der Waals surface area contributed by atoms with Crippen molar-refractivity contribution in [2.45, 2.75) is 52.1 Å². The Morgan fingerprint density at radius 3 is 0.517 bits per heavy atom. The number of carboxylic acid groups (broad SMARTS) is 4. The van der Waals surface area contributed by atoms with Gasteiger partial charge in [0, 0.05) is 0 Å². The molecule has 0 aliphatic carbocycles. The molecule has 0 aliphatic heterocycles. The molecule has 29 heavy (non-hydrogen) atoms. The monoisotopic (exact) mass is 618 g/mol. The Hall–Kier alpha value is 0.170. The van der Waals surface area contributed by atoms with Gasteiger partial charge in [-0.25, -0.2) is 0 Å². The minimum atomic E-state index is -1.44. The molecule has 0 fully saturated rings. The minimum Gasteiger partial charge on any atom is -1.00 e. The van der Waals surface area contributed by atoms with Crippen molar-refractivity contribution in [2.75, 3.05) is 0 Å². The molecule has 4 atom stereocenters. The van der Waals surface area contributed by atoms with E-state index in [0.717, 1.165) is 27.7 Å². The summed E-state index contributed by atoms with van der Waals surface area (Å²) >= 11 is 0. The second-order valence-corrected chi connectivity index (χ2v) is 3.98. The molecule has 0 aromatic heterocycles. The molecule has 0 saturated heterocycles. The second-order valence-electron chi connectivity index (χ2n) is 3.98. The summed E-state index contributed by atoms with van der Waals surface area (Å²) in [6.07, 6.45) is -5.37. The molecule has 0 rings (SSSR count). The molecule has 0 aliphatic rings. The van der Waals surface area contributed by atoms with Gasteiger partial charge in [0.1, 0.15) is 0 Å². The van der Waals surface area contributed by atoms with Gasteiger partial charge in [-0.2, -0.15) is 0 Å². The van der Waals surface area contributed by atoms with E-state index in [4.69, 9.17) is 20.4 Å². The number of carboxylic acids is 4. The van der Waals surface area contributed by atoms with Gasteiger partial charge in [0.15, 0.2) is 0 Å². The van der Waals surface area contributed by atoms with E-state index in [0.29, 0.717) is 0 Å². The maximum atomic E-state index is 9.34. The predicted molar refractivity (Wildman–Crippen MR) is 66.8 cm³/mol. The van der Waals surface area contributed by atoms with Crippen LogP contribution >= 0.6 is 0 Å². The summed E-state index contributed by atoms with van der Waals surface area (Å²) in [5, 5.41) is 69.2. The maximum absolute atomic E-state index is 9.34. The van der Waals surface area contributed by atoms with Crippen molar-refractivity contribution < 1.29 is 143 Å². The van der Waals surface area contributed by atoms with E-state index >= 15 is 0 Å². The number of aliphatic hydroxyl groups excluding tert-OH is 4. The van der Waals surface area contributed by atoms with Gasteiger partial charge in [-0.3, -0.25) is 0 Å². The third-order valence-electron chi connectivity index (χ3n) is 1.36. The van der Waals surface area contributed by atoms with Crippen LogP contribution < -0.4 is 45.2 Å². The van der Waals surface area contributed by atoms with Crippen LogP contribution in [0.1, 0.15) is 27.7 Å². The van der Waals surface area contributed by atoms with E-state index in [1.54, 1.807) is 0 Å². The van der Waals surface area contributed by atoms with Gasteiger partial charge in [0.2, 0.25) is 0 Å². The van der Waals surface area contributed by atoms with Crippen molar-refractivity contribution in [3.05, 3.63) is 0 Å². The molecule has 0 heterocycles. The summed E-state index contributed by atoms with van der Waals surface area (Å²) in [4.78, 5) is 37.4. The summed E-state index contributed by atoms with van der Waals surface area (Å²) in [5.41, 5.74) is 0. The molecule has 0 radical (unpaired) electrons. The molecular formula is C12H20Cl2O12Zn3. The first-order valence-corrected chi connectivity index (χ1v) is 6.13. The first kappa shape index (κ1) is 56.9. The van der Waals surface area contributed by atoms with Crippen LogP contribution in [0.25, 0.3) is 0 Å². The van der Waals surface area contributed by atoms with Gasteiger partial charge < -0.3 is 84.8 Å². The Morgan fingerprint density at radius 2 is 0.517 bits per heavy atom. The topological polar surface area (TPSA) is 241 Å². The third kappa shape index (κ3) is 73.8. The van der Waals surface area contributed by atoms with Crippen LogP contribution in [0.5, 0.6) is 0 Å². The zero-order valence-electron chi connectivity index (χ0n) is 16.2. The van der Waals surface area contributed by atoms with Gasteiger partial charge in [-0.15, -0.1) is 0 Å². The van der Waals surface area contributed by atoms with Crippen LogP contribution in [-0.4, -0.2) is 68.7 Å². The standard InChI is InChI=1S/4C3H6O3.2ClH.3Zn/c4*1-2(4)3(5)6;;;;;/h4*2,4H,1H3,(H,5,6);2*1H;;;/q;;;;;;3*+2/p-6. The molecule has 0 aromatic carbocycles. The molecule has 0 aromatic rings. The summed E-state index contributed by atoms with van der Waals surface area (Å²) in [7, 11) is 0. The van der Waals surface area contributed by atoms with Crippen molar-refractivity contribution in [3.8, 4) is 0 Å². The number of aliphatic hydroxyl groups is 4. The van der Waals surface area contributed by atoms with Gasteiger partial charge in [-0.05, 0) is 27.7 Å². The van der Waals surface area contributed by atoms with Crippen LogP contribution in [0.3, 0.4) is 0 Å². The zero-order valence-corrected chi connectivity index (χ0v) is 26.7. The van der Waals surface area contributed by atoms with Crippen LogP contribution in [0, 0.1) is 0 Å². The van der Waals surface area contributed by atoms with E-state index in [1.165, 1.54) is 0 Å². The Morgan fingerprint density at radius 1 is 0.483 bits per heavy atom. The fourth-order valence-electron chi connectivity index (χ4n) is 0. The first-order valence-electron chi connectivity index (χ1n) is 6.13. The van der Waals surface area contributed by atoms with E-state index in [9.17, 15) is 39.6 Å². The Labute approximate surface area is 218 Å². The van der Waals surface area contributed by atoms with Crippen molar-refractivity contribution >= 4 is 23.9 Å². The van der Waals surface area contributed by atoms with Gasteiger partial charge in [-0.1, -0.05) is 0 Å². The van der Waals surface area contributed by atoms with E-state index < -0.39 is 48.3 Å². The fourth-order valence-corrected chi connectivity index (χ4v) is 0. The van der Waals surface area contributed by atoms with E-state index in [1.807, 2.05) is 0 Å². The minimum absolute atomic E-state index is 0. The third-order valence-corrected chi connectivity index (χ3v) is 1.36. The van der Waals surface area contributed by atoms with Gasteiger partial charge in [0.25, 0.3) is 0 Å². The van der Waals surface area contributed by atoms with Crippen LogP contribution in [0.4, 0.5) is 0 Å². The number of rotatable bonds is 4. The van der Waals surface area contributed by atoms with Crippen LogP contribution in [-0.2, 0) is 77.6 Å². The van der Waals surface area contributed by atoms with Crippen molar-refractivity contribution in [1.82, 2.24) is 0 Å². The molecular weight excluding hydrogens is 603 g/mol. The first-order chi connectivity index (χ1) is 10.6. The number of aliphatic carboxylic acids is 4. The Bertz CT molecular complexity index is 324. The zero-order chi connectivity index (χ0) is 20.6. The smallest absolute Gasteiger partial charge is 1.00 e. The molecule has 160 valence electrons. The number of halogens is 2. The number of carbonyl (C=O) groups excluding carboxylic acids is 4. The van der Waals surface area contributed by atoms with E-state index in [2.05, 4.69) is 0 Å². The number of hydrogen-bond donors (Lipinski definition) is 4. The summed E-state index contributed by atoms with van der Waals surface area (Å²) in [6, 6.07) is 0. The van der Waals surface area contributed by atoms with Gasteiger partial charge >= 0.3 is 58.4 Å². The van der Waals surface area contributed by atoms with Crippen molar-refractivity contribution in [3.63, 3.8) is 0 Å². The molecule has 0 amide bonds. The fraction of sp³-hybridized carbons (Fsp3) is 0.667.